The van der Waals surface area contributed by atoms with Crippen molar-refractivity contribution >= 4 is 32.5 Å². The zero-order valence-electron chi connectivity index (χ0n) is 11.4. The molecule has 0 amide bonds. The van der Waals surface area contributed by atoms with Crippen LogP contribution < -0.4 is 5.32 Å². The molecule has 118 valence electrons. The Labute approximate surface area is 130 Å². The molecule has 9 nitrogen and oxygen atoms in total. The SMILES string of the molecule is O=S(=O)(O)c1c(Nc2nc(O)nc(O)n2)ccc2ccccc12. The number of nitrogens with zero attached hydrogens (tertiary/aromatic N) is 3. The lowest BCUT2D eigenvalue weighted by Gasteiger charge is -2.11. The van der Waals surface area contributed by atoms with Gasteiger partial charge in [0.05, 0.1) is 5.69 Å². The largest absolute Gasteiger partial charge is 0.479 e. The van der Waals surface area contributed by atoms with Crippen LogP contribution in [0.1, 0.15) is 0 Å². The number of fused-ring (bicyclic) bond motifs is 1. The molecule has 0 aliphatic rings. The second-order valence-corrected chi connectivity index (χ2v) is 5.88. The molecule has 2 aromatic carbocycles. The quantitative estimate of drug-likeness (QED) is 0.522. The highest BCUT2D eigenvalue weighted by Gasteiger charge is 2.20. The Morgan fingerprint density at radius 2 is 1.57 bits per heavy atom. The third kappa shape index (κ3) is 2.98. The molecular formula is C13H10N4O5S. The summed E-state index contributed by atoms with van der Waals surface area (Å²) in [5, 5.41) is 21.9. The Kier molecular flexibility index (Phi) is 3.47. The van der Waals surface area contributed by atoms with Gasteiger partial charge in [0.1, 0.15) is 4.90 Å². The van der Waals surface area contributed by atoms with E-state index < -0.39 is 22.1 Å². The van der Waals surface area contributed by atoms with Crippen LogP contribution in [0.15, 0.2) is 41.3 Å². The van der Waals surface area contributed by atoms with Crippen molar-refractivity contribution < 1.29 is 23.2 Å². The summed E-state index contributed by atoms with van der Waals surface area (Å²) in [7, 11) is -4.56. The first kappa shape index (κ1) is 14.9. The lowest BCUT2D eigenvalue weighted by molar-refractivity contribution is 0.384. The molecule has 23 heavy (non-hydrogen) atoms. The van der Waals surface area contributed by atoms with Gasteiger partial charge in [-0.05, 0) is 11.5 Å². The maximum Gasteiger partial charge on any atom is 0.321 e. The second kappa shape index (κ2) is 5.34. The van der Waals surface area contributed by atoms with Crippen molar-refractivity contribution in [3.63, 3.8) is 0 Å². The van der Waals surface area contributed by atoms with Gasteiger partial charge in [0, 0.05) is 5.39 Å². The van der Waals surface area contributed by atoms with Crippen molar-refractivity contribution in [3.05, 3.63) is 36.4 Å². The van der Waals surface area contributed by atoms with E-state index in [9.17, 15) is 23.2 Å². The molecule has 4 N–H and O–H groups in total. The van der Waals surface area contributed by atoms with Gasteiger partial charge in [-0.3, -0.25) is 4.55 Å². The van der Waals surface area contributed by atoms with Crippen LogP contribution >= 0.6 is 0 Å². The molecule has 3 aromatic rings. The van der Waals surface area contributed by atoms with Gasteiger partial charge in [0.15, 0.2) is 0 Å². The van der Waals surface area contributed by atoms with E-state index in [1.165, 1.54) is 12.1 Å². The van der Waals surface area contributed by atoms with Crippen molar-refractivity contribution in [1.29, 1.82) is 0 Å². The molecule has 0 aliphatic carbocycles. The van der Waals surface area contributed by atoms with Gasteiger partial charge < -0.3 is 15.5 Å². The molecule has 0 fully saturated rings. The molecule has 1 heterocycles. The second-order valence-electron chi connectivity index (χ2n) is 4.52. The van der Waals surface area contributed by atoms with E-state index in [0.29, 0.717) is 10.8 Å². The minimum atomic E-state index is -4.56. The van der Waals surface area contributed by atoms with Crippen LogP contribution in [-0.2, 0) is 10.1 Å². The summed E-state index contributed by atoms with van der Waals surface area (Å²) in [5.74, 6) is -0.282. The van der Waals surface area contributed by atoms with Crippen molar-refractivity contribution in [2.75, 3.05) is 5.32 Å². The minimum absolute atomic E-state index is 0.0174. The minimum Gasteiger partial charge on any atom is -0.479 e. The number of aromatic nitrogens is 3. The molecule has 0 saturated carbocycles. The number of anilines is 2. The zero-order valence-corrected chi connectivity index (χ0v) is 12.2. The predicted molar refractivity (Wildman–Crippen MR) is 80.2 cm³/mol. The third-order valence-electron chi connectivity index (χ3n) is 3.00. The maximum atomic E-state index is 11.8. The van der Waals surface area contributed by atoms with E-state index in [-0.39, 0.29) is 16.5 Å². The van der Waals surface area contributed by atoms with Crippen LogP contribution in [0.5, 0.6) is 12.0 Å². The van der Waals surface area contributed by atoms with Crippen LogP contribution in [-0.4, -0.2) is 38.1 Å². The van der Waals surface area contributed by atoms with E-state index in [1.54, 1.807) is 24.3 Å². The highest BCUT2D eigenvalue weighted by Crippen LogP contribution is 2.32. The predicted octanol–water partition coefficient (Wildman–Crippen LogP) is 1.43. The average Bonchev–Trinajstić information content (AvgIpc) is 2.44. The van der Waals surface area contributed by atoms with Crippen LogP contribution in [0, 0.1) is 0 Å². The van der Waals surface area contributed by atoms with Gasteiger partial charge in [-0.2, -0.15) is 18.4 Å². The van der Waals surface area contributed by atoms with Gasteiger partial charge >= 0.3 is 12.0 Å². The van der Waals surface area contributed by atoms with E-state index in [1.807, 2.05) is 0 Å². The zero-order chi connectivity index (χ0) is 16.6. The summed E-state index contributed by atoms with van der Waals surface area (Å²) in [4.78, 5) is 9.85. The number of hydrogen-bond acceptors (Lipinski definition) is 8. The molecule has 0 saturated heterocycles. The maximum absolute atomic E-state index is 11.8. The van der Waals surface area contributed by atoms with Crippen LogP contribution in [0.2, 0.25) is 0 Å². The van der Waals surface area contributed by atoms with E-state index in [4.69, 9.17) is 0 Å². The third-order valence-corrected chi connectivity index (χ3v) is 3.95. The molecule has 0 bridgehead atoms. The molecule has 3 rings (SSSR count). The van der Waals surface area contributed by atoms with E-state index in [0.717, 1.165) is 0 Å². The molecule has 0 aliphatic heterocycles. The number of benzene rings is 2. The van der Waals surface area contributed by atoms with E-state index >= 15 is 0 Å². The molecular weight excluding hydrogens is 324 g/mol. The molecule has 0 radical (unpaired) electrons. The van der Waals surface area contributed by atoms with E-state index in [2.05, 4.69) is 20.3 Å². The van der Waals surface area contributed by atoms with Crippen molar-refractivity contribution in [1.82, 2.24) is 15.0 Å². The number of aromatic hydroxyl groups is 2. The van der Waals surface area contributed by atoms with Gasteiger partial charge in [-0.1, -0.05) is 30.3 Å². The smallest absolute Gasteiger partial charge is 0.321 e. The standard InChI is InChI=1S/C13H10N4O5S/c18-12-15-11(16-13(19)17-12)14-9-6-5-7-3-1-2-4-8(7)10(9)23(20,21)22/h1-6H,(H,20,21,22)(H3,14,15,16,17,18,19). The molecule has 0 unspecified atom stereocenters. The number of nitrogens with one attached hydrogen (secondary N) is 1. The Morgan fingerprint density at radius 3 is 2.22 bits per heavy atom. The Bertz CT molecular complexity index is 986. The van der Waals surface area contributed by atoms with Gasteiger partial charge in [-0.25, -0.2) is 0 Å². The highest BCUT2D eigenvalue weighted by molar-refractivity contribution is 7.86. The Hall–Kier alpha value is -2.98. The Balaban J connectivity index is 2.21. The lowest BCUT2D eigenvalue weighted by atomic mass is 10.1. The number of rotatable bonds is 3. The van der Waals surface area contributed by atoms with Crippen molar-refractivity contribution in [2.24, 2.45) is 0 Å². The summed E-state index contributed by atoms with van der Waals surface area (Å²) in [6.07, 6.45) is 0. The van der Waals surface area contributed by atoms with Gasteiger partial charge in [0.2, 0.25) is 5.95 Å². The topological polar surface area (TPSA) is 146 Å². The normalized spacial score (nSPS) is 11.5. The summed E-state index contributed by atoms with van der Waals surface area (Å²) in [6, 6.07) is 8.13. The first-order chi connectivity index (χ1) is 10.8. The fourth-order valence-electron chi connectivity index (χ4n) is 2.15. The van der Waals surface area contributed by atoms with Crippen LogP contribution in [0.3, 0.4) is 0 Å². The van der Waals surface area contributed by atoms with Crippen molar-refractivity contribution in [2.45, 2.75) is 4.90 Å². The average molecular weight is 334 g/mol. The van der Waals surface area contributed by atoms with Gasteiger partial charge in [0.25, 0.3) is 10.1 Å². The fraction of sp³-hybridized carbons (Fsp3) is 0. The number of hydrogen-bond donors (Lipinski definition) is 4. The molecule has 0 spiro atoms. The molecule has 1 aromatic heterocycles. The molecule has 0 atom stereocenters. The first-order valence-corrected chi connectivity index (χ1v) is 7.69. The van der Waals surface area contributed by atoms with Crippen LogP contribution in [0.25, 0.3) is 10.8 Å². The molecule has 10 heteroatoms. The van der Waals surface area contributed by atoms with Crippen LogP contribution in [0.4, 0.5) is 11.6 Å². The van der Waals surface area contributed by atoms with Crippen molar-refractivity contribution in [3.8, 4) is 12.0 Å². The monoisotopic (exact) mass is 334 g/mol. The van der Waals surface area contributed by atoms with Gasteiger partial charge in [-0.15, -0.1) is 4.98 Å². The first-order valence-electron chi connectivity index (χ1n) is 6.25. The highest BCUT2D eigenvalue weighted by atomic mass is 32.2. The fourth-order valence-corrected chi connectivity index (χ4v) is 3.01. The summed E-state index contributed by atoms with van der Waals surface area (Å²) in [5.41, 5.74) is -0.0174. The summed E-state index contributed by atoms with van der Waals surface area (Å²) in [6.45, 7) is 0. The Morgan fingerprint density at radius 1 is 0.913 bits per heavy atom. The lowest BCUT2D eigenvalue weighted by Crippen LogP contribution is -2.06. The summed E-state index contributed by atoms with van der Waals surface area (Å²) >= 11 is 0. The summed E-state index contributed by atoms with van der Waals surface area (Å²) < 4.78 is 33.0.